The van der Waals surface area contributed by atoms with Crippen molar-refractivity contribution < 1.29 is 0 Å². The molecule has 0 amide bonds. The molecule has 0 aromatic carbocycles. The zero-order valence-electron chi connectivity index (χ0n) is 13.1. The molecule has 2 aliphatic rings. The Balaban J connectivity index is 2.17. The molecule has 1 saturated carbocycles. The van der Waals surface area contributed by atoms with Gasteiger partial charge < -0.3 is 5.32 Å². The number of piperazine rings is 1. The van der Waals surface area contributed by atoms with Gasteiger partial charge in [-0.2, -0.15) is 0 Å². The minimum absolute atomic E-state index is 0.372. The van der Waals surface area contributed by atoms with Crippen LogP contribution in [0.15, 0.2) is 0 Å². The Kier molecular flexibility index (Phi) is 4.08. The summed E-state index contributed by atoms with van der Waals surface area (Å²) in [6.45, 7) is 14.4. The lowest BCUT2D eigenvalue weighted by Gasteiger charge is -2.54. The van der Waals surface area contributed by atoms with Crippen LogP contribution in [-0.2, 0) is 0 Å². The summed E-state index contributed by atoms with van der Waals surface area (Å²) >= 11 is 0. The molecule has 0 aromatic heterocycles. The second kappa shape index (κ2) is 5.13. The van der Waals surface area contributed by atoms with Gasteiger partial charge >= 0.3 is 0 Å². The molecule has 106 valence electrons. The van der Waals surface area contributed by atoms with Gasteiger partial charge in [-0.3, -0.25) is 4.90 Å². The highest BCUT2D eigenvalue weighted by molar-refractivity contribution is 5.06. The van der Waals surface area contributed by atoms with Gasteiger partial charge in [0.15, 0.2) is 0 Å². The van der Waals surface area contributed by atoms with Crippen LogP contribution in [0, 0.1) is 5.92 Å². The SMILES string of the molecule is CCC1CNC(C)(C2CC2)CN1C(C)(CC)CC. The van der Waals surface area contributed by atoms with Crippen molar-refractivity contribution in [3.63, 3.8) is 0 Å². The smallest absolute Gasteiger partial charge is 0.0309 e. The molecule has 1 N–H and O–H groups in total. The van der Waals surface area contributed by atoms with E-state index < -0.39 is 0 Å². The Morgan fingerprint density at radius 3 is 2.28 bits per heavy atom. The Labute approximate surface area is 114 Å². The highest BCUT2D eigenvalue weighted by atomic mass is 15.3. The molecule has 2 atom stereocenters. The first-order chi connectivity index (χ1) is 8.49. The lowest BCUT2D eigenvalue weighted by Crippen LogP contribution is -2.68. The van der Waals surface area contributed by atoms with E-state index in [0.717, 1.165) is 12.0 Å². The van der Waals surface area contributed by atoms with Gasteiger partial charge in [-0.1, -0.05) is 20.8 Å². The van der Waals surface area contributed by atoms with E-state index in [1.807, 2.05) is 0 Å². The molecular weight excluding hydrogens is 220 g/mol. The zero-order chi connectivity index (χ0) is 13.4. The first kappa shape index (κ1) is 14.3. The quantitative estimate of drug-likeness (QED) is 0.806. The highest BCUT2D eigenvalue weighted by Crippen LogP contribution is 2.43. The van der Waals surface area contributed by atoms with Gasteiger partial charge in [0.05, 0.1) is 0 Å². The minimum atomic E-state index is 0.372. The van der Waals surface area contributed by atoms with Crippen LogP contribution in [0.3, 0.4) is 0 Å². The first-order valence-corrected chi connectivity index (χ1v) is 8.01. The van der Waals surface area contributed by atoms with Crippen molar-refractivity contribution in [1.29, 1.82) is 0 Å². The van der Waals surface area contributed by atoms with Crippen LogP contribution in [0.1, 0.15) is 66.7 Å². The second-order valence-electron chi connectivity index (χ2n) is 6.97. The van der Waals surface area contributed by atoms with Gasteiger partial charge in [-0.25, -0.2) is 0 Å². The molecule has 0 bridgehead atoms. The van der Waals surface area contributed by atoms with Crippen molar-refractivity contribution >= 4 is 0 Å². The summed E-state index contributed by atoms with van der Waals surface area (Å²) in [6, 6.07) is 0.724. The second-order valence-corrected chi connectivity index (χ2v) is 6.97. The molecule has 2 nitrogen and oxygen atoms in total. The van der Waals surface area contributed by atoms with E-state index in [2.05, 4.69) is 44.8 Å². The molecule has 2 unspecified atom stereocenters. The maximum Gasteiger partial charge on any atom is 0.0309 e. The van der Waals surface area contributed by atoms with Gasteiger partial charge in [0, 0.05) is 30.2 Å². The third kappa shape index (κ3) is 2.46. The molecule has 2 rings (SSSR count). The van der Waals surface area contributed by atoms with E-state index in [9.17, 15) is 0 Å². The van der Waals surface area contributed by atoms with Crippen LogP contribution >= 0.6 is 0 Å². The van der Waals surface area contributed by atoms with E-state index >= 15 is 0 Å². The lowest BCUT2D eigenvalue weighted by molar-refractivity contribution is -0.0164. The normalized spacial score (nSPS) is 34.8. The zero-order valence-corrected chi connectivity index (χ0v) is 13.1. The van der Waals surface area contributed by atoms with E-state index in [1.165, 1.54) is 45.2 Å². The first-order valence-electron chi connectivity index (χ1n) is 8.01. The average molecular weight is 252 g/mol. The molecule has 18 heavy (non-hydrogen) atoms. The number of nitrogens with zero attached hydrogens (tertiary/aromatic N) is 1. The van der Waals surface area contributed by atoms with Gasteiger partial charge in [0.1, 0.15) is 0 Å². The van der Waals surface area contributed by atoms with Gasteiger partial charge in [-0.05, 0) is 51.9 Å². The maximum atomic E-state index is 3.87. The fraction of sp³-hybridized carbons (Fsp3) is 1.00. The van der Waals surface area contributed by atoms with Crippen molar-refractivity contribution in [2.75, 3.05) is 13.1 Å². The standard InChI is InChI=1S/C16H32N2/c1-6-14-11-17-16(5,13-9-10-13)12-18(14)15(4,7-2)8-3/h13-14,17H,6-12H2,1-5H3. The van der Waals surface area contributed by atoms with Crippen LogP contribution < -0.4 is 5.32 Å². The van der Waals surface area contributed by atoms with Crippen molar-refractivity contribution in [2.45, 2.75) is 83.8 Å². The summed E-state index contributed by atoms with van der Waals surface area (Å²) in [5.41, 5.74) is 0.760. The minimum Gasteiger partial charge on any atom is -0.308 e. The molecule has 1 aliphatic carbocycles. The summed E-state index contributed by atoms with van der Waals surface area (Å²) in [7, 11) is 0. The third-order valence-electron chi connectivity index (χ3n) is 5.85. The van der Waals surface area contributed by atoms with Crippen LogP contribution in [0.2, 0.25) is 0 Å². The number of nitrogens with one attached hydrogen (secondary N) is 1. The van der Waals surface area contributed by atoms with Crippen molar-refractivity contribution in [3.05, 3.63) is 0 Å². The van der Waals surface area contributed by atoms with Crippen LogP contribution in [0.4, 0.5) is 0 Å². The molecule has 1 saturated heterocycles. The van der Waals surface area contributed by atoms with Crippen LogP contribution in [0.5, 0.6) is 0 Å². The van der Waals surface area contributed by atoms with E-state index in [-0.39, 0.29) is 0 Å². The molecule has 0 radical (unpaired) electrons. The van der Waals surface area contributed by atoms with Gasteiger partial charge in [0.25, 0.3) is 0 Å². The Morgan fingerprint density at radius 2 is 1.83 bits per heavy atom. The van der Waals surface area contributed by atoms with Gasteiger partial charge in [0.2, 0.25) is 0 Å². The molecule has 2 heteroatoms. The summed E-state index contributed by atoms with van der Waals surface area (Å²) in [5, 5.41) is 3.87. The van der Waals surface area contributed by atoms with Gasteiger partial charge in [-0.15, -0.1) is 0 Å². The van der Waals surface area contributed by atoms with Crippen LogP contribution in [0.25, 0.3) is 0 Å². The Hall–Kier alpha value is -0.0800. The Morgan fingerprint density at radius 1 is 1.22 bits per heavy atom. The number of hydrogen-bond donors (Lipinski definition) is 1. The van der Waals surface area contributed by atoms with Crippen LogP contribution in [-0.4, -0.2) is 35.1 Å². The largest absolute Gasteiger partial charge is 0.308 e. The predicted molar refractivity (Wildman–Crippen MR) is 78.9 cm³/mol. The molecule has 2 fully saturated rings. The average Bonchev–Trinajstić information content (AvgIpc) is 3.22. The van der Waals surface area contributed by atoms with E-state index in [0.29, 0.717) is 11.1 Å². The topological polar surface area (TPSA) is 15.3 Å². The number of hydrogen-bond acceptors (Lipinski definition) is 2. The number of rotatable bonds is 5. The molecule has 1 heterocycles. The predicted octanol–water partition coefficient (Wildman–Crippen LogP) is 3.42. The molecule has 0 aromatic rings. The summed E-state index contributed by atoms with van der Waals surface area (Å²) in [4.78, 5) is 2.84. The monoisotopic (exact) mass is 252 g/mol. The molecule has 0 spiro atoms. The fourth-order valence-corrected chi connectivity index (χ4v) is 3.65. The molecular formula is C16H32N2. The van der Waals surface area contributed by atoms with E-state index in [4.69, 9.17) is 0 Å². The maximum absolute atomic E-state index is 3.87. The lowest BCUT2D eigenvalue weighted by atomic mass is 9.83. The van der Waals surface area contributed by atoms with Crippen molar-refractivity contribution in [3.8, 4) is 0 Å². The fourth-order valence-electron chi connectivity index (χ4n) is 3.65. The molecule has 1 aliphatic heterocycles. The third-order valence-corrected chi connectivity index (χ3v) is 5.85. The summed E-state index contributed by atoms with van der Waals surface area (Å²) in [5.74, 6) is 0.927. The summed E-state index contributed by atoms with van der Waals surface area (Å²) < 4.78 is 0. The van der Waals surface area contributed by atoms with Crippen molar-refractivity contribution in [2.24, 2.45) is 5.92 Å². The van der Waals surface area contributed by atoms with Crippen molar-refractivity contribution in [1.82, 2.24) is 10.2 Å². The summed E-state index contributed by atoms with van der Waals surface area (Å²) in [6.07, 6.45) is 6.66. The van der Waals surface area contributed by atoms with E-state index in [1.54, 1.807) is 0 Å². The highest BCUT2D eigenvalue weighted by Gasteiger charge is 2.48. The Bertz CT molecular complexity index is 281.